The zero-order valence-electron chi connectivity index (χ0n) is 12.7. The maximum atomic E-state index is 5.91. The van der Waals surface area contributed by atoms with Crippen molar-refractivity contribution in [3.63, 3.8) is 0 Å². The summed E-state index contributed by atoms with van der Waals surface area (Å²) < 4.78 is 5.91. The molecule has 1 fully saturated rings. The molecule has 0 amide bonds. The van der Waals surface area contributed by atoms with Gasteiger partial charge in [0.25, 0.3) is 0 Å². The van der Waals surface area contributed by atoms with Crippen molar-refractivity contribution in [1.82, 2.24) is 10.2 Å². The van der Waals surface area contributed by atoms with E-state index < -0.39 is 0 Å². The molecule has 3 nitrogen and oxygen atoms in total. The topological polar surface area (TPSA) is 28.4 Å². The van der Waals surface area contributed by atoms with E-state index in [-0.39, 0.29) is 0 Å². The van der Waals surface area contributed by atoms with Gasteiger partial charge in [-0.1, -0.05) is 13.8 Å². The monoisotopic (exact) mass is 264 g/mol. The minimum absolute atomic E-state index is 0.919. The number of hydrogen-bond donors (Lipinski definition) is 1. The van der Waals surface area contributed by atoms with E-state index >= 15 is 0 Å². The molecule has 0 saturated heterocycles. The van der Waals surface area contributed by atoms with Gasteiger partial charge in [0, 0.05) is 18.7 Å². The summed E-state index contributed by atoms with van der Waals surface area (Å²) >= 11 is 0. The Morgan fingerprint density at radius 2 is 2.16 bits per heavy atom. The summed E-state index contributed by atoms with van der Waals surface area (Å²) in [5.74, 6) is 3.14. The third-order valence-corrected chi connectivity index (χ3v) is 3.77. The van der Waals surface area contributed by atoms with Crippen molar-refractivity contribution >= 4 is 0 Å². The van der Waals surface area contributed by atoms with Crippen molar-refractivity contribution in [3.8, 4) is 0 Å². The zero-order chi connectivity index (χ0) is 13.7. The van der Waals surface area contributed by atoms with Crippen molar-refractivity contribution in [2.75, 3.05) is 19.6 Å². The maximum Gasteiger partial charge on any atom is 0.118 e. The van der Waals surface area contributed by atoms with Crippen LogP contribution in [0.5, 0.6) is 0 Å². The van der Waals surface area contributed by atoms with Gasteiger partial charge in [-0.15, -0.1) is 0 Å². The van der Waals surface area contributed by atoms with Gasteiger partial charge in [-0.25, -0.2) is 0 Å². The van der Waals surface area contributed by atoms with Gasteiger partial charge in [0.2, 0.25) is 0 Å². The third-order valence-electron chi connectivity index (χ3n) is 3.77. The molecule has 1 aliphatic carbocycles. The largest absolute Gasteiger partial charge is 0.465 e. The summed E-state index contributed by atoms with van der Waals surface area (Å²) in [6.07, 6.45) is 4.06. The van der Waals surface area contributed by atoms with Crippen LogP contribution in [0, 0.1) is 12.8 Å². The van der Waals surface area contributed by atoms with Crippen LogP contribution in [-0.2, 0) is 13.1 Å². The number of aryl methyl sites for hydroxylation is 1. The first-order valence-corrected chi connectivity index (χ1v) is 7.74. The molecule has 0 aliphatic heterocycles. The lowest BCUT2D eigenvalue weighted by Crippen LogP contribution is -2.26. The second-order valence-corrected chi connectivity index (χ2v) is 5.75. The molecule has 1 aliphatic rings. The molecule has 108 valence electrons. The highest BCUT2D eigenvalue weighted by Gasteiger charge is 2.24. The highest BCUT2D eigenvalue weighted by atomic mass is 16.3. The van der Waals surface area contributed by atoms with Crippen LogP contribution in [0.15, 0.2) is 10.5 Å². The van der Waals surface area contributed by atoms with E-state index in [1.165, 1.54) is 37.9 Å². The van der Waals surface area contributed by atoms with Crippen LogP contribution in [0.4, 0.5) is 0 Å². The van der Waals surface area contributed by atoms with Gasteiger partial charge in [-0.3, -0.25) is 4.90 Å². The average Bonchev–Trinajstić information content (AvgIpc) is 3.11. The van der Waals surface area contributed by atoms with E-state index in [1.54, 1.807) is 0 Å². The standard InChI is InChI=1S/C16H28N2O/c1-4-8-18(11-14-6-7-14)12-16-9-15(10-17-5-2)13(3)19-16/h9,14,17H,4-8,10-12H2,1-3H3. The van der Waals surface area contributed by atoms with Gasteiger partial charge in [0.1, 0.15) is 11.5 Å². The molecule has 0 aromatic carbocycles. The Bertz CT molecular complexity index is 382. The van der Waals surface area contributed by atoms with Crippen molar-refractivity contribution in [2.45, 2.75) is 53.1 Å². The fourth-order valence-corrected chi connectivity index (χ4v) is 2.54. The molecule has 19 heavy (non-hydrogen) atoms. The number of nitrogens with one attached hydrogen (secondary N) is 1. The normalized spacial score (nSPS) is 15.4. The number of furan rings is 1. The van der Waals surface area contributed by atoms with Crippen molar-refractivity contribution in [1.29, 1.82) is 0 Å². The van der Waals surface area contributed by atoms with Gasteiger partial charge in [-0.05, 0) is 51.3 Å². The lowest BCUT2D eigenvalue weighted by atomic mass is 10.2. The van der Waals surface area contributed by atoms with Crippen molar-refractivity contribution in [3.05, 3.63) is 23.2 Å². The third kappa shape index (κ3) is 4.66. The Kier molecular flexibility index (Phi) is 5.46. The Balaban J connectivity index is 1.91. The van der Waals surface area contributed by atoms with Gasteiger partial charge >= 0.3 is 0 Å². The molecule has 1 saturated carbocycles. The molecular weight excluding hydrogens is 236 g/mol. The maximum absolute atomic E-state index is 5.91. The van der Waals surface area contributed by atoms with Gasteiger partial charge in [0.15, 0.2) is 0 Å². The van der Waals surface area contributed by atoms with E-state index in [4.69, 9.17) is 4.42 Å². The SMILES string of the molecule is CCCN(Cc1cc(CNCC)c(C)o1)CC1CC1. The molecule has 0 unspecified atom stereocenters. The molecule has 0 atom stereocenters. The Hall–Kier alpha value is -0.800. The lowest BCUT2D eigenvalue weighted by molar-refractivity contribution is 0.233. The second kappa shape index (κ2) is 7.11. The summed E-state index contributed by atoms with van der Waals surface area (Å²) in [5, 5.41) is 3.37. The summed E-state index contributed by atoms with van der Waals surface area (Å²) in [4.78, 5) is 2.55. The van der Waals surface area contributed by atoms with Crippen LogP contribution < -0.4 is 5.32 Å². The van der Waals surface area contributed by atoms with E-state index in [0.29, 0.717) is 0 Å². The van der Waals surface area contributed by atoms with Crippen LogP contribution >= 0.6 is 0 Å². The van der Waals surface area contributed by atoms with E-state index in [0.717, 1.165) is 37.1 Å². The summed E-state index contributed by atoms with van der Waals surface area (Å²) in [7, 11) is 0. The summed E-state index contributed by atoms with van der Waals surface area (Å²) in [6.45, 7) is 11.8. The number of nitrogens with zero attached hydrogens (tertiary/aromatic N) is 1. The number of rotatable bonds is 9. The number of hydrogen-bond acceptors (Lipinski definition) is 3. The van der Waals surface area contributed by atoms with E-state index in [1.807, 2.05) is 0 Å². The molecule has 0 bridgehead atoms. The predicted octanol–water partition coefficient (Wildman–Crippen LogP) is 3.32. The Labute approximate surface area is 117 Å². The van der Waals surface area contributed by atoms with Crippen molar-refractivity contribution < 1.29 is 4.42 Å². The Morgan fingerprint density at radius 1 is 1.37 bits per heavy atom. The molecule has 1 aromatic rings. The van der Waals surface area contributed by atoms with Crippen molar-refractivity contribution in [2.24, 2.45) is 5.92 Å². The van der Waals surface area contributed by atoms with Crippen LogP contribution in [0.3, 0.4) is 0 Å². The first-order chi connectivity index (χ1) is 9.22. The molecule has 0 spiro atoms. The zero-order valence-corrected chi connectivity index (χ0v) is 12.7. The molecular formula is C16H28N2O. The molecule has 1 aromatic heterocycles. The van der Waals surface area contributed by atoms with E-state index in [2.05, 4.69) is 37.1 Å². The molecule has 1 heterocycles. The van der Waals surface area contributed by atoms with E-state index in [9.17, 15) is 0 Å². The fourth-order valence-electron chi connectivity index (χ4n) is 2.54. The summed E-state index contributed by atoms with van der Waals surface area (Å²) in [5.41, 5.74) is 1.31. The summed E-state index contributed by atoms with van der Waals surface area (Å²) in [6, 6.07) is 2.23. The minimum atomic E-state index is 0.919. The molecule has 2 rings (SSSR count). The fraction of sp³-hybridized carbons (Fsp3) is 0.750. The van der Waals surface area contributed by atoms with Gasteiger partial charge in [-0.2, -0.15) is 0 Å². The first-order valence-electron chi connectivity index (χ1n) is 7.74. The smallest absolute Gasteiger partial charge is 0.118 e. The van der Waals surface area contributed by atoms with Gasteiger partial charge in [0.05, 0.1) is 6.54 Å². The lowest BCUT2D eigenvalue weighted by Gasteiger charge is -2.19. The predicted molar refractivity (Wildman–Crippen MR) is 79.1 cm³/mol. The first kappa shape index (κ1) is 14.6. The minimum Gasteiger partial charge on any atom is -0.465 e. The highest BCUT2D eigenvalue weighted by Crippen LogP contribution is 2.30. The van der Waals surface area contributed by atoms with Crippen LogP contribution in [-0.4, -0.2) is 24.5 Å². The molecule has 3 heteroatoms. The van der Waals surface area contributed by atoms with Crippen LogP contribution in [0.1, 0.15) is 50.2 Å². The molecule has 0 radical (unpaired) electrons. The quantitative estimate of drug-likeness (QED) is 0.741. The average molecular weight is 264 g/mol. The highest BCUT2D eigenvalue weighted by molar-refractivity contribution is 5.20. The molecule has 1 N–H and O–H groups in total. The van der Waals surface area contributed by atoms with Gasteiger partial charge < -0.3 is 9.73 Å². The van der Waals surface area contributed by atoms with Crippen LogP contribution in [0.25, 0.3) is 0 Å². The Morgan fingerprint density at radius 3 is 2.79 bits per heavy atom. The second-order valence-electron chi connectivity index (χ2n) is 5.75. The van der Waals surface area contributed by atoms with Crippen LogP contribution in [0.2, 0.25) is 0 Å².